The number of benzene rings is 3. The molecule has 6 rings (SSSR count). The molecule has 47 heavy (non-hydrogen) atoms. The van der Waals surface area contributed by atoms with E-state index in [-0.39, 0.29) is 16.6 Å². The number of para-hydroxylation sites is 1. The van der Waals surface area contributed by atoms with E-state index in [9.17, 15) is 4.39 Å². The van der Waals surface area contributed by atoms with Crippen LogP contribution in [0.2, 0.25) is 0 Å². The Morgan fingerprint density at radius 3 is 2.38 bits per heavy atom. The van der Waals surface area contributed by atoms with Crippen LogP contribution in [0.4, 0.5) is 15.8 Å². The highest BCUT2D eigenvalue weighted by Gasteiger charge is 2.43. The second-order valence-corrected chi connectivity index (χ2v) is 14.4. The molecular formula is C43H50FN2O+. The largest absolute Gasteiger partial charge is 0.457 e. The van der Waals surface area contributed by atoms with E-state index in [1.165, 1.54) is 45.8 Å². The number of nitrogens with zero attached hydrogens (tertiary/aromatic N) is 2. The molecule has 0 saturated carbocycles. The topological polar surface area (TPSA) is 15.5 Å². The summed E-state index contributed by atoms with van der Waals surface area (Å²) in [5.41, 5.74) is 10.5. The van der Waals surface area contributed by atoms with Crippen LogP contribution in [0.15, 0.2) is 114 Å². The van der Waals surface area contributed by atoms with Gasteiger partial charge in [-0.25, -0.2) is 4.39 Å². The smallest absolute Gasteiger partial charge is 0.209 e. The molecule has 0 N–H and O–H groups in total. The highest BCUT2D eigenvalue weighted by Crippen LogP contribution is 2.48. The minimum Gasteiger partial charge on any atom is -0.457 e. The first kappa shape index (κ1) is 32.7. The molecule has 0 atom stereocenters. The molecule has 2 heterocycles. The zero-order valence-corrected chi connectivity index (χ0v) is 29.3. The van der Waals surface area contributed by atoms with Crippen LogP contribution in [-0.2, 0) is 10.8 Å². The Labute approximate surface area is 281 Å². The van der Waals surface area contributed by atoms with Crippen molar-refractivity contribution >= 4 is 17.1 Å². The Balaban J connectivity index is 1.42. The lowest BCUT2D eigenvalue weighted by molar-refractivity contribution is -0.401. The van der Waals surface area contributed by atoms with Gasteiger partial charge in [-0.15, -0.1) is 0 Å². The molecule has 244 valence electrons. The number of unbranched alkanes of at least 4 members (excludes halogenated alkanes) is 2. The molecular weight excluding hydrogens is 579 g/mol. The maximum Gasteiger partial charge on any atom is 0.209 e. The standard InChI is InChI=1S/C43H50FN2O/c1-8-9-12-28-46-38-25-22-33(44)29-36(38)43(5,6)40(46)27-21-32-15-13-14-31(41(32)47-34-23-18-30(2)19-24-34)20-26-39-42(3,4)35-16-10-11-17-37(35)45(39)7/h10-11,16-27,29H,8-9,12-15,28H2,1-7H3/q+1. The fourth-order valence-corrected chi connectivity index (χ4v) is 7.65. The number of halogens is 1. The summed E-state index contributed by atoms with van der Waals surface area (Å²) in [5, 5.41) is 0. The van der Waals surface area contributed by atoms with E-state index in [1.54, 1.807) is 12.1 Å². The molecule has 0 aromatic heterocycles. The van der Waals surface area contributed by atoms with Crippen molar-refractivity contribution in [2.24, 2.45) is 0 Å². The monoisotopic (exact) mass is 629 g/mol. The van der Waals surface area contributed by atoms with Crippen molar-refractivity contribution in [1.29, 1.82) is 0 Å². The van der Waals surface area contributed by atoms with Crippen LogP contribution in [0.3, 0.4) is 0 Å². The van der Waals surface area contributed by atoms with Crippen LogP contribution in [-0.4, -0.2) is 23.9 Å². The third-order valence-corrected chi connectivity index (χ3v) is 10.4. The molecule has 0 unspecified atom stereocenters. The number of fused-ring (bicyclic) bond motifs is 2. The maximum absolute atomic E-state index is 14.5. The summed E-state index contributed by atoms with van der Waals surface area (Å²) in [4.78, 5) is 2.42. The average molecular weight is 630 g/mol. The van der Waals surface area contributed by atoms with Gasteiger partial charge in [0.1, 0.15) is 24.4 Å². The first-order valence-corrected chi connectivity index (χ1v) is 17.4. The minimum absolute atomic E-state index is 0.0953. The molecule has 4 heteroatoms. The Hall–Kier alpha value is -4.18. The molecule has 1 aliphatic carbocycles. The maximum atomic E-state index is 14.5. The van der Waals surface area contributed by atoms with Gasteiger partial charge >= 0.3 is 0 Å². The molecule has 3 aromatic rings. The van der Waals surface area contributed by atoms with Gasteiger partial charge in [0.25, 0.3) is 0 Å². The van der Waals surface area contributed by atoms with Crippen molar-refractivity contribution in [3.63, 3.8) is 0 Å². The summed E-state index contributed by atoms with van der Waals surface area (Å²) < 4.78 is 23.6. The molecule has 0 spiro atoms. The lowest BCUT2D eigenvalue weighted by Crippen LogP contribution is -2.27. The molecule has 2 aliphatic heterocycles. The third kappa shape index (κ3) is 6.27. The number of anilines is 1. The van der Waals surface area contributed by atoms with Crippen LogP contribution in [0.5, 0.6) is 5.75 Å². The molecule has 0 bridgehead atoms. The quantitative estimate of drug-likeness (QED) is 0.173. The zero-order chi connectivity index (χ0) is 33.3. The molecule has 3 aromatic carbocycles. The van der Waals surface area contributed by atoms with Gasteiger partial charge in [0, 0.05) is 41.1 Å². The first-order chi connectivity index (χ1) is 22.5. The Bertz CT molecular complexity index is 1820. The van der Waals surface area contributed by atoms with Crippen LogP contribution < -0.4 is 9.64 Å². The van der Waals surface area contributed by atoms with Crippen molar-refractivity contribution in [3.05, 3.63) is 136 Å². The van der Waals surface area contributed by atoms with E-state index in [2.05, 4.69) is 131 Å². The van der Waals surface area contributed by atoms with Crippen molar-refractivity contribution < 1.29 is 13.7 Å². The van der Waals surface area contributed by atoms with E-state index < -0.39 is 0 Å². The number of allylic oxidation sites excluding steroid dienone is 7. The summed E-state index contributed by atoms with van der Waals surface area (Å²) in [6, 6.07) is 22.3. The van der Waals surface area contributed by atoms with E-state index in [1.807, 2.05) is 6.07 Å². The third-order valence-electron chi connectivity index (χ3n) is 10.4. The Morgan fingerprint density at radius 1 is 0.872 bits per heavy atom. The zero-order valence-electron chi connectivity index (χ0n) is 29.3. The average Bonchev–Trinajstić information content (AvgIpc) is 3.38. The summed E-state index contributed by atoms with van der Waals surface area (Å²) in [7, 11) is 2.17. The molecule has 0 saturated heterocycles. The van der Waals surface area contributed by atoms with Gasteiger partial charge < -0.3 is 9.64 Å². The molecule has 0 amide bonds. The summed E-state index contributed by atoms with van der Waals surface area (Å²) in [6.45, 7) is 14.3. The number of hydrogen-bond acceptors (Lipinski definition) is 2. The lowest BCUT2D eigenvalue weighted by atomic mass is 9.81. The van der Waals surface area contributed by atoms with Crippen molar-refractivity contribution in [3.8, 4) is 5.75 Å². The van der Waals surface area contributed by atoms with Gasteiger partial charge in [-0.1, -0.05) is 75.6 Å². The van der Waals surface area contributed by atoms with E-state index in [4.69, 9.17) is 4.74 Å². The summed E-state index contributed by atoms with van der Waals surface area (Å²) in [6.07, 6.45) is 15.5. The highest BCUT2D eigenvalue weighted by molar-refractivity contribution is 6.03. The minimum atomic E-state index is -0.315. The van der Waals surface area contributed by atoms with Gasteiger partial charge in [0.05, 0.1) is 5.41 Å². The predicted molar refractivity (Wildman–Crippen MR) is 195 cm³/mol. The van der Waals surface area contributed by atoms with E-state index in [0.717, 1.165) is 61.4 Å². The predicted octanol–water partition coefficient (Wildman–Crippen LogP) is 11.0. The van der Waals surface area contributed by atoms with Crippen LogP contribution in [0, 0.1) is 12.7 Å². The van der Waals surface area contributed by atoms with Crippen LogP contribution >= 0.6 is 0 Å². The fraction of sp³-hybridized carbons (Fsp3) is 0.372. The van der Waals surface area contributed by atoms with Crippen LogP contribution in [0.1, 0.15) is 89.8 Å². The number of ether oxygens (including phenoxy) is 1. The molecule has 0 fully saturated rings. The Morgan fingerprint density at radius 2 is 1.64 bits per heavy atom. The number of hydrogen-bond donors (Lipinski definition) is 0. The lowest BCUT2D eigenvalue weighted by Gasteiger charge is -2.27. The number of rotatable bonds is 9. The van der Waals surface area contributed by atoms with Gasteiger partial charge in [-0.3, -0.25) is 0 Å². The van der Waals surface area contributed by atoms with Gasteiger partial charge in [-0.2, -0.15) is 4.58 Å². The fourth-order valence-electron chi connectivity index (χ4n) is 7.65. The van der Waals surface area contributed by atoms with Crippen molar-refractivity contribution in [2.45, 2.75) is 90.9 Å². The van der Waals surface area contributed by atoms with Gasteiger partial charge in [0.2, 0.25) is 5.69 Å². The molecule has 0 radical (unpaired) electrons. The van der Waals surface area contributed by atoms with E-state index >= 15 is 0 Å². The molecule has 3 nitrogen and oxygen atoms in total. The van der Waals surface area contributed by atoms with Gasteiger partial charge in [-0.05, 0) is 106 Å². The molecule has 3 aliphatic rings. The SMILES string of the molecule is CCCCCN1/C(=C/C=C2\CCCC(/C=C/C3=[N+](C)c4ccccc4C3(C)C)=C2Oc2ccc(C)cc2)C(C)(C)c2cc(F)ccc21. The van der Waals surface area contributed by atoms with Crippen molar-refractivity contribution in [2.75, 3.05) is 18.5 Å². The second kappa shape index (κ2) is 13.1. The first-order valence-electron chi connectivity index (χ1n) is 17.4. The Kier molecular flexibility index (Phi) is 9.16. The summed E-state index contributed by atoms with van der Waals surface area (Å²) >= 11 is 0. The van der Waals surface area contributed by atoms with Gasteiger partial charge in [0.15, 0.2) is 5.71 Å². The van der Waals surface area contributed by atoms with Crippen molar-refractivity contribution in [1.82, 2.24) is 0 Å². The number of aryl methyl sites for hydroxylation is 1. The van der Waals surface area contributed by atoms with E-state index in [0.29, 0.717) is 0 Å². The normalized spacial score (nSPS) is 20.1. The van der Waals surface area contributed by atoms with Crippen LogP contribution in [0.25, 0.3) is 0 Å². The summed E-state index contributed by atoms with van der Waals surface area (Å²) in [5.74, 6) is 1.62. The second-order valence-electron chi connectivity index (χ2n) is 14.4. The highest BCUT2D eigenvalue weighted by atomic mass is 19.1.